The molecular formula is C15H21ClN2O2. The number of nitrogens with one attached hydrogen (secondary N) is 2. The molecule has 2 N–H and O–H groups in total. The maximum absolute atomic E-state index is 11.9. The van der Waals surface area contributed by atoms with Crippen LogP contribution in [0.5, 0.6) is 0 Å². The Morgan fingerprint density at radius 3 is 2.65 bits per heavy atom. The minimum absolute atomic E-state index is 0. The number of carbonyl (C=O) groups excluding carboxylic acids is 1. The van der Waals surface area contributed by atoms with Crippen molar-refractivity contribution in [2.75, 3.05) is 13.6 Å². The number of para-hydroxylation sites is 1. The van der Waals surface area contributed by atoms with Crippen LogP contribution in [-0.2, 0) is 4.79 Å². The molecule has 0 saturated carbocycles. The van der Waals surface area contributed by atoms with Crippen LogP contribution < -0.4 is 10.6 Å². The summed E-state index contributed by atoms with van der Waals surface area (Å²) in [5.74, 6) is 0.755. The molecule has 0 radical (unpaired) electrons. The van der Waals surface area contributed by atoms with Crippen LogP contribution in [0.2, 0.25) is 0 Å². The molecule has 2 unspecified atom stereocenters. The summed E-state index contributed by atoms with van der Waals surface area (Å²) in [6.07, 6.45) is 0. The van der Waals surface area contributed by atoms with Gasteiger partial charge in [0.05, 0.1) is 6.04 Å². The van der Waals surface area contributed by atoms with Gasteiger partial charge in [0.2, 0.25) is 5.91 Å². The standard InChI is InChI=1S/C15H20N2O2.ClH/c1-10(9-16-3)15(18)17-11(2)14-8-12-6-4-5-7-13(12)19-14;/h4-8,10-11,16H,9H2,1-3H3,(H,17,18);1H. The number of furan rings is 1. The van der Waals surface area contributed by atoms with Crippen LogP contribution in [0.4, 0.5) is 0 Å². The van der Waals surface area contributed by atoms with Gasteiger partial charge in [-0.15, -0.1) is 12.4 Å². The van der Waals surface area contributed by atoms with Crippen molar-refractivity contribution in [3.05, 3.63) is 36.1 Å². The van der Waals surface area contributed by atoms with Gasteiger partial charge in [0.15, 0.2) is 0 Å². The van der Waals surface area contributed by atoms with E-state index in [4.69, 9.17) is 4.42 Å². The SMILES string of the molecule is CNCC(C)C(=O)NC(C)c1cc2ccccc2o1.Cl. The fourth-order valence-corrected chi connectivity index (χ4v) is 2.04. The van der Waals surface area contributed by atoms with Crippen LogP contribution in [0, 0.1) is 5.92 Å². The van der Waals surface area contributed by atoms with Gasteiger partial charge < -0.3 is 15.1 Å². The maximum atomic E-state index is 11.9. The highest BCUT2D eigenvalue weighted by Gasteiger charge is 2.17. The Bertz CT molecular complexity index is 535. The first-order valence-electron chi connectivity index (χ1n) is 6.55. The second-order valence-electron chi connectivity index (χ2n) is 4.88. The number of rotatable bonds is 5. The summed E-state index contributed by atoms with van der Waals surface area (Å²) >= 11 is 0. The van der Waals surface area contributed by atoms with E-state index in [1.165, 1.54) is 0 Å². The Balaban J connectivity index is 0.00000200. The predicted molar refractivity (Wildman–Crippen MR) is 83.1 cm³/mol. The van der Waals surface area contributed by atoms with Crippen LogP contribution in [0.3, 0.4) is 0 Å². The molecule has 5 heteroatoms. The number of hydrogen-bond donors (Lipinski definition) is 2. The van der Waals surface area contributed by atoms with Crippen LogP contribution in [0.25, 0.3) is 11.0 Å². The Kier molecular flexibility index (Phi) is 6.05. The van der Waals surface area contributed by atoms with Crippen LogP contribution >= 0.6 is 12.4 Å². The number of fused-ring (bicyclic) bond motifs is 1. The van der Waals surface area contributed by atoms with Crippen LogP contribution in [-0.4, -0.2) is 19.5 Å². The highest BCUT2D eigenvalue weighted by atomic mass is 35.5. The lowest BCUT2D eigenvalue weighted by molar-refractivity contribution is -0.125. The number of halogens is 1. The second-order valence-corrected chi connectivity index (χ2v) is 4.88. The first kappa shape index (κ1) is 16.5. The molecule has 110 valence electrons. The minimum atomic E-state index is -0.126. The average molecular weight is 297 g/mol. The zero-order valence-electron chi connectivity index (χ0n) is 12.0. The van der Waals surface area contributed by atoms with Gasteiger partial charge in [0, 0.05) is 17.8 Å². The van der Waals surface area contributed by atoms with E-state index in [2.05, 4.69) is 10.6 Å². The highest BCUT2D eigenvalue weighted by molar-refractivity contribution is 5.85. The zero-order valence-corrected chi connectivity index (χ0v) is 12.8. The summed E-state index contributed by atoms with van der Waals surface area (Å²) in [4.78, 5) is 11.9. The molecule has 0 spiro atoms. The fourth-order valence-electron chi connectivity index (χ4n) is 2.04. The Labute approximate surface area is 125 Å². The Morgan fingerprint density at radius 1 is 1.30 bits per heavy atom. The summed E-state index contributed by atoms with van der Waals surface area (Å²) in [6, 6.07) is 9.69. The Hall–Kier alpha value is -1.52. The highest BCUT2D eigenvalue weighted by Crippen LogP contribution is 2.23. The largest absolute Gasteiger partial charge is 0.459 e. The van der Waals surface area contributed by atoms with Gasteiger partial charge in [-0.25, -0.2) is 0 Å². The number of benzene rings is 1. The van der Waals surface area contributed by atoms with Crippen LogP contribution in [0.1, 0.15) is 25.6 Å². The Morgan fingerprint density at radius 2 is 2.00 bits per heavy atom. The van der Waals surface area contributed by atoms with Crippen molar-refractivity contribution in [2.24, 2.45) is 5.92 Å². The number of amides is 1. The van der Waals surface area contributed by atoms with Gasteiger partial charge in [-0.05, 0) is 26.1 Å². The molecule has 0 aliphatic heterocycles. The van der Waals surface area contributed by atoms with Crippen molar-refractivity contribution in [1.29, 1.82) is 0 Å². The molecule has 2 aromatic rings. The van der Waals surface area contributed by atoms with E-state index in [0.717, 1.165) is 16.7 Å². The first-order chi connectivity index (χ1) is 9.11. The topological polar surface area (TPSA) is 54.3 Å². The normalized spacial score (nSPS) is 13.6. The lowest BCUT2D eigenvalue weighted by Gasteiger charge is -2.15. The molecule has 0 aliphatic carbocycles. The molecule has 0 bridgehead atoms. The maximum Gasteiger partial charge on any atom is 0.224 e. The third-order valence-corrected chi connectivity index (χ3v) is 3.19. The van der Waals surface area contributed by atoms with E-state index < -0.39 is 0 Å². The van der Waals surface area contributed by atoms with Gasteiger partial charge in [0.1, 0.15) is 11.3 Å². The van der Waals surface area contributed by atoms with E-state index in [-0.39, 0.29) is 30.3 Å². The van der Waals surface area contributed by atoms with Gasteiger partial charge in [0.25, 0.3) is 0 Å². The van der Waals surface area contributed by atoms with Crippen LogP contribution in [0.15, 0.2) is 34.7 Å². The molecule has 20 heavy (non-hydrogen) atoms. The van der Waals surface area contributed by atoms with E-state index in [0.29, 0.717) is 6.54 Å². The molecular weight excluding hydrogens is 276 g/mol. The van der Waals surface area contributed by atoms with Crippen molar-refractivity contribution in [3.63, 3.8) is 0 Å². The third kappa shape index (κ3) is 3.74. The van der Waals surface area contributed by atoms with Gasteiger partial charge >= 0.3 is 0 Å². The molecule has 2 atom stereocenters. The lowest BCUT2D eigenvalue weighted by atomic mass is 10.1. The number of hydrogen-bond acceptors (Lipinski definition) is 3. The summed E-state index contributed by atoms with van der Waals surface area (Å²) in [6.45, 7) is 4.50. The van der Waals surface area contributed by atoms with Crippen molar-refractivity contribution < 1.29 is 9.21 Å². The molecule has 2 rings (SSSR count). The molecule has 1 aromatic carbocycles. The molecule has 1 aromatic heterocycles. The molecule has 1 heterocycles. The third-order valence-electron chi connectivity index (χ3n) is 3.19. The molecule has 4 nitrogen and oxygen atoms in total. The first-order valence-corrected chi connectivity index (χ1v) is 6.55. The lowest BCUT2D eigenvalue weighted by Crippen LogP contribution is -2.35. The molecule has 0 aliphatic rings. The van der Waals surface area contributed by atoms with Gasteiger partial charge in [-0.3, -0.25) is 4.79 Å². The minimum Gasteiger partial charge on any atom is -0.459 e. The quantitative estimate of drug-likeness (QED) is 0.892. The molecule has 0 fully saturated rings. The second kappa shape index (κ2) is 7.31. The molecule has 1 amide bonds. The predicted octanol–water partition coefficient (Wildman–Crippen LogP) is 2.89. The van der Waals surface area contributed by atoms with E-state index in [1.54, 1.807) is 0 Å². The van der Waals surface area contributed by atoms with E-state index in [1.807, 2.05) is 51.2 Å². The molecule has 0 saturated heterocycles. The van der Waals surface area contributed by atoms with E-state index >= 15 is 0 Å². The van der Waals surface area contributed by atoms with Crippen molar-refractivity contribution >= 4 is 29.3 Å². The number of carbonyl (C=O) groups is 1. The fraction of sp³-hybridized carbons (Fsp3) is 0.400. The summed E-state index contributed by atoms with van der Waals surface area (Å²) in [5, 5.41) is 7.02. The smallest absolute Gasteiger partial charge is 0.224 e. The average Bonchev–Trinajstić information content (AvgIpc) is 2.82. The summed E-state index contributed by atoms with van der Waals surface area (Å²) < 4.78 is 5.74. The van der Waals surface area contributed by atoms with Crippen molar-refractivity contribution in [2.45, 2.75) is 19.9 Å². The van der Waals surface area contributed by atoms with Crippen molar-refractivity contribution in [3.8, 4) is 0 Å². The summed E-state index contributed by atoms with van der Waals surface area (Å²) in [7, 11) is 1.84. The van der Waals surface area contributed by atoms with Gasteiger partial charge in [-0.2, -0.15) is 0 Å². The monoisotopic (exact) mass is 296 g/mol. The zero-order chi connectivity index (χ0) is 13.8. The van der Waals surface area contributed by atoms with E-state index in [9.17, 15) is 4.79 Å². The summed E-state index contributed by atoms with van der Waals surface area (Å²) in [5.41, 5.74) is 0.849. The van der Waals surface area contributed by atoms with Gasteiger partial charge in [-0.1, -0.05) is 25.1 Å². The van der Waals surface area contributed by atoms with Crippen molar-refractivity contribution in [1.82, 2.24) is 10.6 Å².